The van der Waals surface area contributed by atoms with Crippen molar-refractivity contribution in [1.29, 1.82) is 0 Å². The first-order chi connectivity index (χ1) is 9.77. The second-order valence-electron chi connectivity index (χ2n) is 5.91. The van der Waals surface area contributed by atoms with Gasteiger partial charge in [-0.05, 0) is 30.9 Å². The first-order valence-electron chi connectivity index (χ1n) is 7.48. The largest absolute Gasteiger partial charge is 0.346 e. The number of benzene rings is 1. The highest BCUT2D eigenvalue weighted by molar-refractivity contribution is 5.86. The maximum absolute atomic E-state index is 6.46. The number of para-hydroxylation sites is 1. The molecule has 0 unspecified atom stereocenters. The standard InChI is InChI=1S/C16H21N3O/c1-18-14-7-3-2-5-11(14)12-8-9-19-16(15(12)18)13(17)6-4-10-20-19/h2-3,5,7,13,16H,4,6,8-10,17H2,1H3/t13-,16+/m1/s1. The molecule has 2 atom stereocenters. The van der Waals surface area contributed by atoms with Crippen molar-refractivity contribution in [3.05, 3.63) is 35.5 Å². The van der Waals surface area contributed by atoms with Crippen molar-refractivity contribution < 1.29 is 4.84 Å². The summed E-state index contributed by atoms with van der Waals surface area (Å²) in [5.74, 6) is 0. The van der Waals surface area contributed by atoms with Crippen LogP contribution in [0, 0.1) is 0 Å². The van der Waals surface area contributed by atoms with Crippen molar-refractivity contribution in [2.24, 2.45) is 12.8 Å². The Hall–Kier alpha value is -1.36. The minimum absolute atomic E-state index is 0.152. The van der Waals surface area contributed by atoms with Crippen LogP contribution in [0.4, 0.5) is 0 Å². The minimum atomic E-state index is 0.152. The van der Waals surface area contributed by atoms with Crippen LogP contribution in [-0.4, -0.2) is 28.8 Å². The summed E-state index contributed by atoms with van der Waals surface area (Å²) in [6.45, 7) is 1.74. The molecule has 1 fully saturated rings. The Morgan fingerprint density at radius 2 is 2.15 bits per heavy atom. The monoisotopic (exact) mass is 271 g/mol. The topological polar surface area (TPSA) is 43.4 Å². The molecule has 1 aromatic carbocycles. The second kappa shape index (κ2) is 4.58. The molecule has 3 heterocycles. The van der Waals surface area contributed by atoms with Gasteiger partial charge in [-0.3, -0.25) is 4.84 Å². The zero-order valence-corrected chi connectivity index (χ0v) is 11.9. The number of aromatic nitrogens is 1. The van der Waals surface area contributed by atoms with Gasteiger partial charge < -0.3 is 10.3 Å². The molecule has 106 valence electrons. The maximum atomic E-state index is 6.46. The highest BCUT2D eigenvalue weighted by Gasteiger charge is 2.37. The number of hydroxylamine groups is 2. The van der Waals surface area contributed by atoms with Gasteiger partial charge in [0.1, 0.15) is 0 Å². The molecule has 1 saturated heterocycles. The van der Waals surface area contributed by atoms with Crippen LogP contribution in [0.5, 0.6) is 0 Å². The maximum Gasteiger partial charge on any atom is 0.0907 e. The van der Waals surface area contributed by atoms with Crippen LogP contribution < -0.4 is 5.73 Å². The van der Waals surface area contributed by atoms with E-state index in [-0.39, 0.29) is 12.1 Å². The molecule has 2 aliphatic heterocycles. The van der Waals surface area contributed by atoms with Gasteiger partial charge in [-0.1, -0.05) is 18.2 Å². The second-order valence-corrected chi connectivity index (χ2v) is 5.91. The molecular formula is C16H21N3O. The molecule has 0 spiro atoms. The number of rotatable bonds is 0. The van der Waals surface area contributed by atoms with Crippen LogP contribution in [-0.2, 0) is 18.3 Å². The lowest BCUT2D eigenvalue weighted by atomic mass is 9.92. The molecule has 20 heavy (non-hydrogen) atoms. The Kier molecular flexibility index (Phi) is 2.84. The van der Waals surface area contributed by atoms with E-state index in [1.807, 2.05) is 0 Å². The Balaban J connectivity index is 1.94. The normalized spacial score (nSPS) is 27.1. The van der Waals surface area contributed by atoms with Gasteiger partial charge in [0.05, 0.1) is 12.6 Å². The molecule has 0 saturated carbocycles. The predicted molar refractivity (Wildman–Crippen MR) is 79.2 cm³/mol. The summed E-state index contributed by atoms with van der Waals surface area (Å²) in [7, 11) is 2.16. The summed E-state index contributed by atoms with van der Waals surface area (Å²) in [5, 5.41) is 3.50. The van der Waals surface area contributed by atoms with Crippen molar-refractivity contribution >= 4 is 10.9 Å². The summed E-state index contributed by atoms with van der Waals surface area (Å²) in [6.07, 6.45) is 3.12. The molecule has 1 aromatic heterocycles. The van der Waals surface area contributed by atoms with Crippen LogP contribution in [0.2, 0.25) is 0 Å². The number of hydrogen-bond donors (Lipinski definition) is 1. The van der Waals surface area contributed by atoms with Crippen LogP contribution in [0.25, 0.3) is 10.9 Å². The van der Waals surface area contributed by atoms with E-state index in [1.54, 1.807) is 0 Å². The van der Waals surface area contributed by atoms with E-state index in [0.717, 1.165) is 32.4 Å². The van der Waals surface area contributed by atoms with E-state index in [1.165, 1.54) is 22.2 Å². The lowest BCUT2D eigenvalue weighted by molar-refractivity contribution is -0.187. The van der Waals surface area contributed by atoms with E-state index >= 15 is 0 Å². The van der Waals surface area contributed by atoms with Crippen molar-refractivity contribution in [3.8, 4) is 0 Å². The van der Waals surface area contributed by atoms with Gasteiger partial charge in [0.2, 0.25) is 0 Å². The average Bonchev–Trinajstić information content (AvgIpc) is 2.64. The van der Waals surface area contributed by atoms with Crippen LogP contribution in [0.3, 0.4) is 0 Å². The molecule has 4 nitrogen and oxygen atoms in total. The lowest BCUT2D eigenvalue weighted by Crippen LogP contribution is -2.44. The Morgan fingerprint density at radius 1 is 1.30 bits per heavy atom. The van der Waals surface area contributed by atoms with E-state index < -0.39 is 0 Å². The Morgan fingerprint density at radius 3 is 3.05 bits per heavy atom. The Labute approximate surface area is 119 Å². The predicted octanol–water partition coefficient (Wildman–Crippen LogP) is 2.13. The van der Waals surface area contributed by atoms with E-state index in [4.69, 9.17) is 10.6 Å². The molecule has 0 radical (unpaired) electrons. The zero-order valence-electron chi connectivity index (χ0n) is 11.9. The molecule has 2 aliphatic rings. The number of hydrogen-bond acceptors (Lipinski definition) is 3. The molecular weight excluding hydrogens is 250 g/mol. The van der Waals surface area contributed by atoms with Gasteiger partial charge in [0, 0.05) is 36.2 Å². The SMILES string of the molecule is Cn1c2c(c3ccccc31)CCN1OCCC[C@@H](N)[C@@H]21. The average molecular weight is 271 g/mol. The van der Waals surface area contributed by atoms with Gasteiger partial charge in [-0.15, -0.1) is 0 Å². The van der Waals surface area contributed by atoms with E-state index in [0.29, 0.717) is 0 Å². The van der Waals surface area contributed by atoms with Crippen molar-refractivity contribution in [2.75, 3.05) is 13.2 Å². The van der Waals surface area contributed by atoms with Crippen molar-refractivity contribution in [2.45, 2.75) is 31.3 Å². The fourth-order valence-electron chi connectivity index (χ4n) is 3.85. The van der Waals surface area contributed by atoms with Gasteiger partial charge >= 0.3 is 0 Å². The first kappa shape index (κ1) is 12.4. The number of nitrogens with zero attached hydrogens (tertiary/aromatic N) is 2. The molecule has 0 aliphatic carbocycles. The number of nitrogens with two attached hydrogens (primary N) is 1. The third kappa shape index (κ3) is 1.65. The Bertz CT molecular complexity index is 648. The fourth-order valence-corrected chi connectivity index (χ4v) is 3.85. The number of fused-ring (bicyclic) bond motifs is 5. The summed E-state index contributed by atoms with van der Waals surface area (Å²) in [4.78, 5) is 5.93. The van der Waals surface area contributed by atoms with Gasteiger partial charge in [-0.2, -0.15) is 5.06 Å². The van der Waals surface area contributed by atoms with Crippen LogP contribution in [0.1, 0.15) is 30.1 Å². The van der Waals surface area contributed by atoms with Crippen molar-refractivity contribution in [3.63, 3.8) is 0 Å². The third-order valence-electron chi connectivity index (χ3n) is 4.78. The fraction of sp³-hybridized carbons (Fsp3) is 0.500. The van der Waals surface area contributed by atoms with Crippen LogP contribution in [0.15, 0.2) is 24.3 Å². The lowest BCUT2D eigenvalue weighted by Gasteiger charge is -2.36. The molecule has 0 bridgehead atoms. The van der Waals surface area contributed by atoms with Crippen molar-refractivity contribution in [1.82, 2.24) is 9.63 Å². The van der Waals surface area contributed by atoms with Gasteiger partial charge in [-0.25, -0.2) is 0 Å². The molecule has 4 heteroatoms. The molecule has 2 aromatic rings. The highest BCUT2D eigenvalue weighted by Crippen LogP contribution is 2.39. The van der Waals surface area contributed by atoms with Gasteiger partial charge in [0.25, 0.3) is 0 Å². The quantitative estimate of drug-likeness (QED) is 0.798. The smallest absolute Gasteiger partial charge is 0.0907 e. The number of aryl methyl sites for hydroxylation is 1. The minimum Gasteiger partial charge on any atom is -0.346 e. The van der Waals surface area contributed by atoms with E-state index in [2.05, 4.69) is 40.9 Å². The van der Waals surface area contributed by atoms with E-state index in [9.17, 15) is 0 Å². The molecule has 4 rings (SSSR count). The van der Waals surface area contributed by atoms with Crippen LogP contribution >= 0.6 is 0 Å². The summed E-state index contributed by atoms with van der Waals surface area (Å²) < 4.78 is 2.32. The zero-order chi connectivity index (χ0) is 13.7. The summed E-state index contributed by atoms with van der Waals surface area (Å²) >= 11 is 0. The highest BCUT2D eigenvalue weighted by atomic mass is 16.7. The summed E-state index contributed by atoms with van der Waals surface area (Å²) in [5.41, 5.74) is 10.6. The molecule has 0 amide bonds. The summed E-state index contributed by atoms with van der Waals surface area (Å²) in [6, 6.07) is 9.00. The van der Waals surface area contributed by atoms with Gasteiger partial charge in [0.15, 0.2) is 0 Å². The third-order valence-corrected chi connectivity index (χ3v) is 4.78. The molecule has 2 N–H and O–H groups in total. The first-order valence-corrected chi connectivity index (χ1v) is 7.48.